The third-order valence-corrected chi connectivity index (χ3v) is 3.97. The summed E-state index contributed by atoms with van der Waals surface area (Å²) in [5.74, 6) is 1.13. The third kappa shape index (κ3) is 2.45. The smallest absolute Gasteiger partial charge is 0.261 e. The van der Waals surface area contributed by atoms with Crippen molar-refractivity contribution in [2.75, 3.05) is 27.4 Å². The van der Waals surface area contributed by atoms with Crippen LogP contribution in [0, 0.1) is 5.92 Å². The first kappa shape index (κ1) is 14.7. The van der Waals surface area contributed by atoms with E-state index in [1.165, 1.54) is 14.2 Å². The predicted molar refractivity (Wildman–Crippen MR) is 75.2 cm³/mol. The van der Waals surface area contributed by atoms with Gasteiger partial charge < -0.3 is 19.5 Å². The van der Waals surface area contributed by atoms with Crippen molar-refractivity contribution in [3.05, 3.63) is 23.8 Å². The van der Waals surface area contributed by atoms with Crippen molar-refractivity contribution in [2.24, 2.45) is 5.92 Å². The summed E-state index contributed by atoms with van der Waals surface area (Å²) in [7, 11) is 3.06. The van der Waals surface area contributed by atoms with Crippen LogP contribution in [0.4, 0.5) is 0 Å². The lowest BCUT2D eigenvalue weighted by atomic mass is 10.0. The second kappa shape index (κ2) is 6.13. The number of benzene rings is 1. The Hall–Kier alpha value is -1.75. The summed E-state index contributed by atoms with van der Waals surface area (Å²) in [5, 5.41) is 9.50. The SMILES string of the molecule is COc1cccc(OC)c1C(=O)N1CCC(C)C1CO. The molecule has 20 heavy (non-hydrogen) atoms. The van der Waals surface area contributed by atoms with Gasteiger partial charge in [-0.1, -0.05) is 13.0 Å². The van der Waals surface area contributed by atoms with Crippen molar-refractivity contribution >= 4 is 5.91 Å². The first-order valence-corrected chi connectivity index (χ1v) is 6.76. The normalized spacial score (nSPS) is 21.9. The molecule has 1 N–H and O–H groups in total. The quantitative estimate of drug-likeness (QED) is 0.908. The molecule has 0 radical (unpaired) electrons. The summed E-state index contributed by atoms with van der Waals surface area (Å²) >= 11 is 0. The lowest BCUT2D eigenvalue weighted by Gasteiger charge is -2.26. The molecule has 1 amide bonds. The number of carbonyl (C=O) groups is 1. The number of methoxy groups -OCH3 is 2. The molecule has 1 fully saturated rings. The summed E-state index contributed by atoms with van der Waals surface area (Å²) in [6.45, 7) is 2.67. The van der Waals surface area contributed by atoms with E-state index in [0.29, 0.717) is 29.5 Å². The van der Waals surface area contributed by atoms with Gasteiger partial charge in [-0.2, -0.15) is 0 Å². The maximum atomic E-state index is 12.8. The fraction of sp³-hybridized carbons (Fsp3) is 0.533. The molecule has 1 aliphatic heterocycles. The van der Waals surface area contributed by atoms with Gasteiger partial charge in [0.2, 0.25) is 0 Å². The molecule has 1 heterocycles. The fourth-order valence-corrected chi connectivity index (χ4v) is 2.74. The molecule has 0 aliphatic carbocycles. The molecule has 1 aromatic rings. The van der Waals surface area contributed by atoms with Crippen molar-refractivity contribution in [2.45, 2.75) is 19.4 Å². The minimum atomic E-state index is -0.150. The zero-order chi connectivity index (χ0) is 14.7. The van der Waals surface area contributed by atoms with Gasteiger partial charge in [0.05, 0.1) is 26.9 Å². The summed E-state index contributed by atoms with van der Waals surface area (Å²) in [4.78, 5) is 14.5. The molecule has 2 atom stereocenters. The first-order valence-electron chi connectivity index (χ1n) is 6.76. The molecule has 2 unspecified atom stereocenters. The molecule has 0 aromatic heterocycles. The van der Waals surface area contributed by atoms with E-state index in [9.17, 15) is 9.90 Å². The van der Waals surface area contributed by atoms with Crippen LogP contribution in [-0.4, -0.2) is 49.3 Å². The Morgan fingerprint density at radius 1 is 1.35 bits per heavy atom. The fourth-order valence-electron chi connectivity index (χ4n) is 2.74. The Morgan fingerprint density at radius 3 is 2.45 bits per heavy atom. The number of hydrogen-bond acceptors (Lipinski definition) is 4. The number of ether oxygens (including phenoxy) is 2. The lowest BCUT2D eigenvalue weighted by molar-refractivity contribution is 0.0641. The molecule has 1 aliphatic rings. The molecule has 0 spiro atoms. The summed E-state index contributed by atoms with van der Waals surface area (Å²) in [6.07, 6.45) is 0.897. The van der Waals surface area contributed by atoms with Crippen molar-refractivity contribution in [3.63, 3.8) is 0 Å². The van der Waals surface area contributed by atoms with E-state index in [1.807, 2.05) is 6.92 Å². The van der Waals surface area contributed by atoms with E-state index in [-0.39, 0.29) is 18.6 Å². The number of hydrogen-bond donors (Lipinski definition) is 1. The summed E-state index contributed by atoms with van der Waals surface area (Å²) < 4.78 is 10.5. The highest BCUT2D eigenvalue weighted by atomic mass is 16.5. The van der Waals surface area contributed by atoms with Gasteiger partial charge in [-0.25, -0.2) is 0 Å². The Morgan fingerprint density at radius 2 is 1.95 bits per heavy atom. The second-order valence-electron chi connectivity index (χ2n) is 5.05. The molecule has 1 saturated heterocycles. The highest BCUT2D eigenvalue weighted by Gasteiger charge is 2.36. The maximum Gasteiger partial charge on any atom is 0.261 e. The van der Waals surface area contributed by atoms with E-state index in [0.717, 1.165) is 6.42 Å². The molecule has 5 nitrogen and oxygen atoms in total. The van der Waals surface area contributed by atoms with Gasteiger partial charge in [0.15, 0.2) is 0 Å². The van der Waals surface area contributed by atoms with Gasteiger partial charge in [0.1, 0.15) is 17.1 Å². The number of aliphatic hydroxyl groups is 1. The molecule has 1 aromatic carbocycles. The van der Waals surface area contributed by atoms with Crippen LogP contribution in [0.1, 0.15) is 23.7 Å². The Kier molecular flexibility index (Phi) is 4.49. The Bertz CT molecular complexity index is 467. The first-order chi connectivity index (χ1) is 9.63. The van der Waals surface area contributed by atoms with E-state index >= 15 is 0 Å². The van der Waals surface area contributed by atoms with E-state index in [1.54, 1.807) is 23.1 Å². The van der Waals surface area contributed by atoms with Gasteiger partial charge in [0.25, 0.3) is 5.91 Å². The third-order valence-electron chi connectivity index (χ3n) is 3.97. The molecule has 5 heteroatoms. The topological polar surface area (TPSA) is 59.0 Å². The van der Waals surface area contributed by atoms with Crippen LogP contribution in [-0.2, 0) is 0 Å². The van der Waals surface area contributed by atoms with E-state index in [4.69, 9.17) is 9.47 Å². The zero-order valence-corrected chi connectivity index (χ0v) is 12.1. The highest BCUT2D eigenvalue weighted by molar-refractivity contribution is 6.00. The van der Waals surface area contributed by atoms with Gasteiger partial charge >= 0.3 is 0 Å². The minimum Gasteiger partial charge on any atom is -0.496 e. The number of carbonyl (C=O) groups excluding carboxylic acids is 1. The molecule has 2 rings (SSSR count). The van der Waals surface area contributed by atoms with Crippen LogP contribution in [0.5, 0.6) is 11.5 Å². The van der Waals surface area contributed by atoms with Crippen molar-refractivity contribution in [1.29, 1.82) is 0 Å². The molecular weight excluding hydrogens is 258 g/mol. The monoisotopic (exact) mass is 279 g/mol. The van der Waals surface area contributed by atoms with Crippen LogP contribution in [0.25, 0.3) is 0 Å². The van der Waals surface area contributed by atoms with Crippen molar-refractivity contribution < 1.29 is 19.4 Å². The van der Waals surface area contributed by atoms with Crippen LogP contribution in [0.3, 0.4) is 0 Å². The second-order valence-corrected chi connectivity index (χ2v) is 5.05. The maximum absolute atomic E-state index is 12.8. The Labute approximate surface area is 119 Å². The van der Waals surface area contributed by atoms with Crippen LogP contribution < -0.4 is 9.47 Å². The Balaban J connectivity index is 2.38. The van der Waals surface area contributed by atoms with E-state index in [2.05, 4.69) is 0 Å². The lowest BCUT2D eigenvalue weighted by Crippen LogP contribution is -2.40. The number of rotatable bonds is 4. The average Bonchev–Trinajstić information content (AvgIpc) is 2.86. The van der Waals surface area contributed by atoms with Crippen LogP contribution in [0.15, 0.2) is 18.2 Å². The van der Waals surface area contributed by atoms with Crippen LogP contribution >= 0.6 is 0 Å². The van der Waals surface area contributed by atoms with Crippen LogP contribution in [0.2, 0.25) is 0 Å². The largest absolute Gasteiger partial charge is 0.496 e. The number of likely N-dealkylation sites (tertiary alicyclic amines) is 1. The van der Waals surface area contributed by atoms with E-state index < -0.39 is 0 Å². The minimum absolute atomic E-state index is 0.0234. The van der Waals surface area contributed by atoms with Gasteiger partial charge in [0, 0.05) is 6.54 Å². The predicted octanol–water partition coefficient (Wildman–Crippen LogP) is 1.55. The molecule has 0 saturated carbocycles. The van der Waals surface area contributed by atoms with Gasteiger partial charge in [-0.3, -0.25) is 4.79 Å². The van der Waals surface area contributed by atoms with Crippen molar-refractivity contribution in [1.82, 2.24) is 4.90 Å². The van der Waals surface area contributed by atoms with Gasteiger partial charge in [-0.05, 0) is 24.5 Å². The van der Waals surface area contributed by atoms with Gasteiger partial charge in [-0.15, -0.1) is 0 Å². The molecule has 110 valence electrons. The summed E-state index contributed by atoms with van der Waals surface area (Å²) in [5.41, 5.74) is 0.421. The number of nitrogens with zero attached hydrogens (tertiary/aromatic N) is 1. The molecular formula is C15H21NO4. The average molecular weight is 279 g/mol. The van der Waals surface area contributed by atoms with Crippen molar-refractivity contribution in [3.8, 4) is 11.5 Å². The zero-order valence-electron chi connectivity index (χ0n) is 12.1. The molecule has 0 bridgehead atoms. The number of amides is 1. The standard InChI is InChI=1S/C15H21NO4/c1-10-7-8-16(11(10)9-17)15(18)14-12(19-2)5-4-6-13(14)20-3/h4-6,10-11,17H,7-9H2,1-3H3. The summed E-state index contributed by atoms with van der Waals surface area (Å²) in [6, 6.07) is 5.12. The number of aliphatic hydroxyl groups excluding tert-OH is 1. The highest BCUT2D eigenvalue weighted by Crippen LogP contribution is 2.33.